The maximum absolute atomic E-state index is 6.15. The molecule has 0 saturated carbocycles. The van der Waals surface area contributed by atoms with Gasteiger partial charge in [-0.3, -0.25) is 0 Å². The summed E-state index contributed by atoms with van der Waals surface area (Å²) in [5.41, 5.74) is 7.39. The van der Waals surface area contributed by atoms with Crippen molar-refractivity contribution in [3.05, 3.63) is 17.7 Å². The van der Waals surface area contributed by atoms with Crippen LogP contribution in [0.4, 0.5) is 0 Å². The van der Waals surface area contributed by atoms with Gasteiger partial charge in [0.1, 0.15) is 5.82 Å². The molecule has 2 unspecified atom stereocenters. The van der Waals surface area contributed by atoms with E-state index in [1.54, 1.807) is 0 Å². The van der Waals surface area contributed by atoms with Crippen LogP contribution in [0.1, 0.15) is 49.2 Å². The van der Waals surface area contributed by atoms with Gasteiger partial charge in [-0.1, -0.05) is 0 Å². The number of hydrogen-bond acceptors (Lipinski definition) is 3. The summed E-state index contributed by atoms with van der Waals surface area (Å²) in [5.74, 6) is 1.88. The van der Waals surface area contributed by atoms with Crippen LogP contribution in [0.15, 0.2) is 6.20 Å². The lowest BCUT2D eigenvalue weighted by molar-refractivity contribution is 0.241. The molecule has 2 aliphatic heterocycles. The fourth-order valence-electron chi connectivity index (χ4n) is 3.26. The molecule has 0 radical (unpaired) electrons. The molecule has 1 saturated heterocycles. The van der Waals surface area contributed by atoms with E-state index in [0.29, 0.717) is 5.92 Å². The Morgan fingerprint density at radius 3 is 2.94 bits per heavy atom. The van der Waals surface area contributed by atoms with Crippen molar-refractivity contribution >= 4 is 0 Å². The minimum absolute atomic E-state index is 0.200. The van der Waals surface area contributed by atoms with Gasteiger partial charge in [0.05, 0.1) is 11.9 Å². The quantitative estimate of drug-likeness (QED) is 0.800. The molecule has 0 aliphatic carbocycles. The van der Waals surface area contributed by atoms with E-state index >= 15 is 0 Å². The molecular formula is C13H22N4. The van der Waals surface area contributed by atoms with E-state index in [1.165, 1.54) is 37.3 Å². The Bertz CT molecular complexity index is 398. The highest BCUT2D eigenvalue weighted by Crippen LogP contribution is 2.30. The van der Waals surface area contributed by atoms with Gasteiger partial charge in [0, 0.05) is 25.0 Å². The minimum atomic E-state index is 0.200. The molecule has 1 fully saturated rings. The molecule has 0 spiro atoms. The zero-order chi connectivity index (χ0) is 11.8. The van der Waals surface area contributed by atoms with E-state index in [0.717, 1.165) is 19.5 Å². The Hall–Kier alpha value is -0.870. The summed E-state index contributed by atoms with van der Waals surface area (Å²) in [5, 5.41) is 0. The van der Waals surface area contributed by atoms with Gasteiger partial charge < -0.3 is 15.2 Å². The van der Waals surface area contributed by atoms with Crippen LogP contribution in [0.25, 0.3) is 0 Å². The largest absolute Gasteiger partial charge is 0.330 e. The lowest BCUT2D eigenvalue weighted by Crippen LogP contribution is -2.33. The zero-order valence-corrected chi connectivity index (χ0v) is 10.6. The SMILES string of the molecule is CN1CCCC(c2ncc3n2CCCC3N)C1. The van der Waals surface area contributed by atoms with Gasteiger partial charge in [0.2, 0.25) is 0 Å². The number of rotatable bonds is 1. The summed E-state index contributed by atoms with van der Waals surface area (Å²) in [6.07, 6.45) is 6.87. The van der Waals surface area contributed by atoms with Crippen molar-refractivity contribution in [1.82, 2.24) is 14.5 Å². The number of likely N-dealkylation sites (tertiary alicyclic amines) is 1. The predicted molar refractivity (Wildman–Crippen MR) is 67.9 cm³/mol. The van der Waals surface area contributed by atoms with E-state index in [2.05, 4.69) is 21.5 Å². The number of likely N-dealkylation sites (N-methyl/N-ethyl adjacent to an activating group) is 1. The van der Waals surface area contributed by atoms with Gasteiger partial charge in [-0.05, 0) is 39.3 Å². The molecule has 2 aliphatic rings. The lowest BCUT2D eigenvalue weighted by atomic mass is 9.97. The second-order valence-corrected chi connectivity index (χ2v) is 5.54. The molecule has 94 valence electrons. The van der Waals surface area contributed by atoms with Crippen LogP contribution in [0.3, 0.4) is 0 Å². The molecule has 2 atom stereocenters. The van der Waals surface area contributed by atoms with E-state index in [-0.39, 0.29) is 6.04 Å². The minimum Gasteiger partial charge on any atom is -0.330 e. The van der Waals surface area contributed by atoms with Crippen LogP contribution in [-0.4, -0.2) is 34.6 Å². The van der Waals surface area contributed by atoms with Gasteiger partial charge >= 0.3 is 0 Å². The molecule has 0 aromatic carbocycles. The molecule has 0 amide bonds. The molecule has 17 heavy (non-hydrogen) atoms. The fourth-order valence-corrected chi connectivity index (χ4v) is 3.26. The number of nitrogens with two attached hydrogens (primary N) is 1. The van der Waals surface area contributed by atoms with E-state index in [9.17, 15) is 0 Å². The number of nitrogens with zero attached hydrogens (tertiary/aromatic N) is 3. The average molecular weight is 234 g/mol. The standard InChI is InChI=1S/C13H22N4/c1-16-6-2-4-10(9-16)13-15-8-12-11(14)5-3-7-17(12)13/h8,10-11H,2-7,9,14H2,1H3. The monoisotopic (exact) mass is 234 g/mol. The van der Waals surface area contributed by atoms with Crippen molar-refractivity contribution in [2.24, 2.45) is 5.73 Å². The highest BCUT2D eigenvalue weighted by molar-refractivity contribution is 5.15. The van der Waals surface area contributed by atoms with Crippen molar-refractivity contribution in [2.75, 3.05) is 20.1 Å². The summed E-state index contributed by atoms with van der Waals surface area (Å²) < 4.78 is 2.39. The number of imidazole rings is 1. The molecule has 2 N–H and O–H groups in total. The van der Waals surface area contributed by atoms with E-state index in [4.69, 9.17) is 5.73 Å². The summed E-state index contributed by atoms with van der Waals surface area (Å²) in [4.78, 5) is 7.08. The summed E-state index contributed by atoms with van der Waals surface area (Å²) in [6, 6.07) is 0.200. The zero-order valence-electron chi connectivity index (χ0n) is 10.6. The first-order valence-corrected chi connectivity index (χ1v) is 6.75. The third kappa shape index (κ3) is 2.00. The van der Waals surface area contributed by atoms with Gasteiger partial charge in [-0.15, -0.1) is 0 Å². The number of hydrogen-bond donors (Lipinski definition) is 1. The van der Waals surface area contributed by atoms with Crippen molar-refractivity contribution in [2.45, 2.75) is 44.2 Å². The second kappa shape index (κ2) is 4.42. The first-order valence-electron chi connectivity index (χ1n) is 6.75. The maximum atomic E-state index is 6.15. The highest BCUT2D eigenvalue weighted by atomic mass is 15.1. The topological polar surface area (TPSA) is 47.1 Å². The normalized spacial score (nSPS) is 30.2. The second-order valence-electron chi connectivity index (χ2n) is 5.54. The first kappa shape index (κ1) is 11.2. The Labute approximate surface area is 103 Å². The molecule has 3 rings (SSSR count). The maximum Gasteiger partial charge on any atom is 0.113 e. The molecule has 4 nitrogen and oxygen atoms in total. The number of piperidine rings is 1. The fraction of sp³-hybridized carbons (Fsp3) is 0.769. The Balaban J connectivity index is 1.88. The Morgan fingerprint density at radius 2 is 2.12 bits per heavy atom. The van der Waals surface area contributed by atoms with E-state index in [1.807, 2.05) is 6.20 Å². The van der Waals surface area contributed by atoms with Crippen LogP contribution in [0.2, 0.25) is 0 Å². The molecule has 4 heteroatoms. The van der Waals surface area contributed by atoms with Crippen molar-refractivity contribution in [3.63, 3.8) is 0 Å². The van der Waals surface area contributed by atoms with Crippen LogP contribution in [-0.2, 0) is 6.54 Å². The summed E-state index contributed by atoms with van der Waals surface area (Å²) in [7, 11) is 2.21. The Kier molecular flexibility index (Phi) is 2.92. The molecular weight excluding hydrogens is 212 g/mol. The highest BCUT2D eigenvalue weighted by Gasteiger charge is 2.27. The van der Waals surface area contributed by atoms with Gasteiger partial charge in [-0.25, -0.2) is 4.98 Å². The van der Waals surface area contributed by atoms with Crippen molar-refractivity contribution in [3.8, 4) is 0 Å². The third-order valence-corrected chi connectivity index (χ3v) is 4.18. The van der Waals surface area contributed by atoms with Crippen LogP contribution < -0.4 is 5.73 Å². The predicted octanol–water partition coefficient (Wildman–Crippen LogP) is 1.49. The van der Waals surface area contributed by atoms with Crippen LogP contribution in [0, 0.1) is 0 Å². The van der Waals surface area contributed by atoms with Gasteiger partial charge in [0.25, 0.3) is 0 Å². The number of aromatic nitrogens is 2. The molecule has 0 bridgehead atoms. The number of fused-ring (bicyclic) bond motifs is 1. The summed E-state index contributed by atoms with van der Waals surface area (Å²) in [6.45, 7) is 3.48. The van der Waals surface area contributed by atoms with Crippen LogP contribution in [0.5, 0.6) is 0 Å². The summed E-state index contributed by atoms with van der Waals surface area (Å²) >= 11 is 0. The molecule has 1 aromatic heterocycles. The third-order valence-electron chi connectivity index (χ3n) is 4.18. The Morgan fingerprint density at radius 1 is 1.29 bits per heavy atom. The first-order chi connectivity index (χ1) is 8.25. The lowest BCUT2D eigenvalue weighted by Gasteiger charge is -2.31. The van der Waals surface area contributed by atoms with Gasteiger partial charge in [-0.2, -0.15) is 0 Å². The van der Waals surface area contributed by atoms with Gasteiger partial charge in [0.15, 0.2) is 0 Å². The smallest absolute Gasteiger partial charge is 0.113 e. The van der Waals surface area contributed by atoms with Crippen molar-refractivity contribution in [1.29, 1.82) is 0 Å². The molecule has 3 heterocycles. The van der Waals surface area contributed by atoms with E-state index < -0.39 is 0 Å². The average Bonchev–Trinajstić information content (AvgIpc) is 2.74. The molecule has 1 aromatic rings. The van der Waals surface area contributed by atoms with Crippen molar-refractivity contribution < 1.29 is 0 Å². The van der Waals surface area contributed by atoms with Crippen LogP contribution >= 0.6 is 0 Å².